The maximum Gasteiger partial charge on any atom is 0.240 e. The first kappa shape index (κ1) is 18.4. The average molecular weight is 388 g/mol. The number of nitrogens with one attached hydrogen (secondary N) is 2. The van der Waals surface area contributed by atoms with E-state index in [4.69, 9.17) is 4.74 Å². The monoisotopic (exact) mass is 388 g/mol. The van der Waals surface area contributed by atoms with Crippen molar-refractivity contribution >= 4 is 22.4 Å². The minimum absolute atomic E-state index is 0.0238. The normalized spacial score (nSPS) is 19.1. The molecular formula is C18H24N6O2S. The summed E-state index contributed by atoms with van der Waals surface area (Å²) >= 11 is 1.37. The van der Waals surface area contributed by atoms with Crippen LogP contribution in [0.1, 0.15) is 59.6 Å². The molecule has 1 aliphatic heterocycles. The van der Waals surface area contributed by atoms with Gasteiger partial charge in [0.1, 0.15) is 16.9 Å². The Hall–Kier alpha value is -1.97. The summed E-state index contributed by atoms with van der Waals surface area (Å²) in [4.78, 5) is 21.4. The first-order valence-corrected chi connectivity index (χ1v) is 10.3. The first-order chi connectivity index (χ1) is 13.2. The van der Waals surface area contributed by atoms with Gasteiger partial charge in [0.25, 0.3) is 0 Å². The van der Waals surface area contributed by atoms with E-state index in [1.54, 1.807) is 0 Å². The summed E-state index contributed by atoms with van der Waals surface area (Å²) in [5.41, 5.74) is 3.54. The van der Waals surface area contributed by atoms with Crippen LogP contribution in [0.3, 0.4) is 0 Å². The molecule has 0 radical (unpaired) electrons. The molecule has 1 saturated heterocycles. The molecule has 0 aromatic carbocycles. The molecule has 9 heteroatoms. The minimum atomic E-state index is -0.153. The Bertz CT molecular complexity index is 818. The Kier molecular flexibility index (Phi) is 5.70. The van der Waals surface area contributed by atoms with Crippen LogP contribution in [0, 0.1) is 6.92 Å². The highest BCUT2D eigenvalue weighted by Gasteiger charge is 2.22. The van der Waals surface area contributed by atoms with Crippen molar-refractivity contribution in [3.63, 3.8) is 0 Å². The number of nitrogens with zero attached hydrogens (tertiary/aromatic N) is 4. The lowest BCUT2D eigenvalue weighted by Gasteiger charge is -2.17. The number of aromatic nitrogens is 4. The number of aryl methyl sites for hydroxylation is 2. The highest BCUT2D eigenvalue weighted by Crippen LogP contribution is 2.31. The summed E-state index contributed by atoms with van der Waals surface area (Å²) in [5.74, 6) is 0.595. The third-order valence-corrected chi connectivity index (χ3v) is 5.83. The lowest BCUT2D eigenvalue weighted by atomic mass is 9.95. The van der Waals surface area contributed by atoms with Gasteiger partial charge in [0, 0.05) is 18.0 Å². The molecule has 27 heavy (non-hydrogen) atoms. The number of hydrogen-bond acceptors (Lipinski definition) is 8. The summed E-state index contributed by atoms with van der Waals surface area (Å²) in [6, 6.07) is 0. The molecular weight excluding hydrogens is 364 g/mol. The maximum atomic E-state index is 12.1. The van der Waals surface area contributed by atoms with Gasteiger partial charge in [0.05, 0.1) is 13.1 Å². The molecule has 2 aliphatic rings. The Morgan fingerprint density at radius 1 is 1.22 bits per heavy atom. The van der Waals surface area contributed by atoms with E-state index in [0.29, 0.717) is 11.7 Å². The molecule has 1 unspecified atom stereocenters. The highest BCUT2D eigenvalue weighted by molar-refractivity contribution is 7.15. The van der Waals surface area contributed by atoms with Crippen LogP contribution in [-0.4, -0.2) is 39.2 Å². The molecule has 8 nitrogen and oxygen atoms in total. The molecule has 2 N–H and O–H groups in total. The number of carbonyl (C=O) groups excluding carboxylic acids is 1. The second-order valence-electron chi connectivity index (χ2n) is 6.96. The smallest absolute Gasteiger partial charge is 0.240 e. The van der Waals surface area contributed by atoms with Gasteiger partial charge in [-0.05, 0) is 51.0 Å². The zero-order valence-electron chi connectivity index (χ0n) is 15.5. The number of anilines is 1. The van der Waals surface area contributed by atoms with Gasteiger partial charge < -0.3 is 10.1 Å². The highest BCUT2D eigenvalue weighted by atomic mass is 32.1. The number of carbonyl (C=O) groups is 1. The molecule has 0 saturated carbocycles. The molecule has 1 aliphatic carbocycles. The third kappa shape index (κ3) is 4.48. The van der Waals surface area contributed by atoms with E-state index in [1.165, 1.54) is 35.4 Å². The van der Waals surface area contributed by atoms with Crippen molar-refractivity contribution in [1.29, 1.82) is 0 Å². The van der Waals surface area contributed by atoms with Crippen molar-refractivity contribution in [2.24, 2.45) is 0 Å². The molecule has 3 heterocycles. The Balaban J connectivity index is 1.27. The molecule has 2 aromatic rings. The van der Waals surface area contributed by atoms with Crippen molar-refractivity contribution in [3.8, 4) is 0 Å². The molecule has 1 fully saturated rings. The molecule has 1 amide bonds. The van der Waals surface area contributed by atoms with Gasteiger partial charge in [-0.3, -0.25) is 10.1 Å². The molecule has 0 spiro atoms. The van der Waals surface area contributed by atoms with E-state index < -0.39 is 0 Å². The molecule has 0 bridgehead atoms. The van der Waals surface area contributed by atoms with E-state index in [9.17, 15) is 4.79 Å². The Labute approximate surface area is 162 Å². The third-order valence-electron chi connectivity index (χ3n) is 4.90. The minimum Gasteiger partial charge on any atom is -0.371 e. The summed E-state index contributed by atoms with van der Waals surface area (Å²) in [6.45, 7) is 3.45. The van der Waals surface area contributed by atoms with Crippen LogP contribution in [0.15, 0.2) is 0 Å². The van der Waals surface area contributed by atoms with Crippen LogP contribution in [0.4, 0.5) is 5.13 Å². The number of hydrogen-bond donors (Lipinski definition) is 2. The second-order valence-corrected chi connectivity index (χ2v) is 7.97. The van der Waals surface area contributed by atoms with E-state index >= 15 is 0 Å². The zero-order valence-corrected chi connectivity index (χ0v) is 16.3. The number of ether oxygens (including phenoxy) is 1. The Morgan fingerprint density at radius 2 is 2.11 bits per heavy atom. The molecule has 2 aromatic heterocycles. The van der Waals surface area contributed by atoms with Gasteiger partial charge in [-0.2, -0.15) is 0 Å². The fourth-order valence-corrected chi connectivity index (χ4v) is 4.41. The number of amides is 1. The van der Waals surface area contributed by atoms with Gasteiger partial charge in [-0.15, -0.1) is 10.2 Å². The van der Waals surface area contributed by atoms with E-state index in [0.717, 1.165) is 48.8 Å². The number of fused-ring (bicyclic) bond motifs is 1. The summed E-state index contributed by atoms with van der Waals surface area (Å²) in [7, 11) is 0. The topological polar surface area (TPSA) is 102 Å². The summed E-state index contributed by atoms with van der Waals surface area (Å²) in [6.07, 6.45) is 6.54. The summed E-state index contributed by atoms with van der Waals surface area (Å²) in [5, 5.41) is 15.4. The standard InChI is InChI=1S/C18H24N6O2S/c1-11-12-5-2-3-6-13(12)21-15(20-11)9-19-10-16(25)22-18-24-23-17(27-18)14-7-4-8-26-14/h14,19H,2-10H2,1H3,(H,22,24,25). The molecule has 144 valence electrons. The van der Waals surface area contributed by atoms with Crippen molar-refractivity contribution in [2.75, 3.05) is 18.5 Å². The van der Waals surface area contributed by atoms with E-state index in [-0.39, 0.29) is 18.6 Å². The predicted molar refractivity (Wildman–Crippen MR) is 102 cm³/mol. The van der Waals surface area contributed by atoms with Crippen molar-refractivity contribution in [1.82, 2.24) is 25.5 Å². The second kappa shape index (κ2) is 8.37. The lowest BCUT2D eigenvalue weighted by molar-refractivity contribution is -0.115. The summed E-state index contributed by atoms with van der Waals surface area (Å²) < 4.78 is 5.59. The van der Waals surface area contributed by atoms with Gasteiger partial charge in [-0.25, -0.2) is 9.97 Å². The van der Waals surface area contributed by atoms with Crippen LogP contribution in [0.2, 0.25) is 0 Å². The van der Waals surface area contributed by atoms with E-state index in [1.807, 2.05) is 6.92 Å². The quantitative estimate of drug-likeness (QED) is 0.781. The fourth-order valence-electron chi connectivity index (χ4n) is 3.56. The van der Waals surface area contributed by atoms with Gasteiger partial charge in [0.2, 0.25) is 11.0 Å². The number of rotatable bonds is 6. The zero-order chi connectivity index (χ0) is 18.6. The van der Waals surface area contributed by atoms with Crippen LogP contribution in [0.25, 0.3) is 0 Å². The van der Waals surface area contributed by atoms with Crippen LogP contribution >= 0.6 is 11.3 Å². The maximum absolute atomic E-state index is 12.1. The van der Waals surface area contributed by atoms with Gasteiger partial charge in [-0.1, -0.05) is 11.3 Å². The SMILES string of the molecule is Cc1nc(CNCC(=O)Nc2nnc(C3CCCO3)s2)nc2c1CCCC2. The van der Waals surface area contributed by atoms with Crippen molar-refractivity contribution in [3.05, 3.63) is 27.8 Å². The molecule has 1 atom stereocenters. The lowest BCUT2D eigenvalue weighted by Crippen LogP contribution is -2.28. The van der Waals surface area contributed by atoms with E-state index in [2.05, 4.69) is 30.8 Å². The van der Waals surface area contributed by atoms with Crippen LogP contribution in [-0.2, 0) is 28.9 Å². The average Bonchev–Trinajstić information content (AvgIpc) is 3.33. The fraction of sp³-hybridized carbons (Fsp3) is 0.611. The van der Waals surface area contributed by atoms with Crippen LogP contribution < -0.4 is 10.6 Å². The van der Waals surface area contributed by atoms with Crippen LogP contribution in [0.5, 0.6) is 0 Å². The van der Waals surface area contributed by atoms with Crippen molar-refractivity contribution < 1.29 is 9.53 Å². The van der Waals surface area contributed by atoms with Gasteiger partial charge >= 0.3 is 0 Å². The first-order valence-electron chi connectivity index (χ1n) is 9.50. The van der Waals surface area contributed by atoms with Crippen molar-refractivity contribution in [2.45, 2.75) is 58.1 Å². The largest absolute Gasteiger partial charge is 0.371 e. The Morgan fingerprint density at radius 3 is 2.96 bits per heavy atom. The van der Waals surface area contributed by atoms with Gasteiger partial charge in [0.15, 0.2) is 0 Å². The predicted octanol–water partition coefficient (Wildman–Crippen LogP) is 2.10. The molecule has 4 rings (SSSR count).